The molecule has 2 aromatic rings. The molecule has 1 aliphatic rings. The first kappa shape index (κ1) is 19.8. The summed E-state index contributed by atoms with van der Waals surface area (Å²) in [5, 5.41) is 5.31. The number of likely N-dealkylation sites (tertiary alicyclic amines) is 1. The minimum atomic E-state index is -0.689. The molecule has 5 nitrogen and oxygen atoms in total. The minimum absolute atomic E-state index is 0.0248. The van der Waals surface area contributed by atoms with Crippen molar-refractivity contribution in [2.75, 3.05) is 20.1 Å². The molecule has 0 bridgehead atoms. The van der Waals surface area contributed by atoms with Gasteiger partial charge in [-0.3, -0.25) is 4.79 Å². The van der Waals surface area contributed by atoms with Crippen molar-refractivity contribution in [2.24, 2.45) is 0 Å². The van der Waals surface area contributed by atoms with Crippen LogP contribution in [-0.4, -0.2) is 37.0 Å². The van der Waals surface area contributed by atoms with Crippen LogP contribution in [0.2, 0.25) is 0 Å². The van der Waals surface area contributed by atoms with Crippen molar-refractivity contribution >= 4 is 11.9 Å². The lowest BCUT2D eigenvalue weighted by atomic mass is 9.89. The van der Waals surface area contributed by atoms with Gasteiger partial charge in [0.15, 0.2) is 0 Å². The SMILES string of the molecule is CNC(=O)N1CCC[C@@H](c2cccc(C(=O)NCc3ccc(F)cc3F)c2)C1. The molecule has 0 spiro atoms. The highest BCUT2D eigenvalue weighted by atomic mass is 19.1. The third-order valence-electron chi connectivity index (χ3n) is 5.00. The summed E-state index contributed by atoms with van der Waals surface area (Å²) in [6.45, 7) is 1.30. The summed E-state index contributed by atoms with van der Waals surface area (Å²) in [4.78, 5) is 26.1. The van der Waals surface area contributed by atoms with Gasteiger partial charge < -0.3 is 15.5 Å². The van der Waals surface area contributed by atoms with Gasteiger partial charge in [0.2, 0.25) is 0 Å². The van der Waals surface area contributed by atoms with E-state index in [2.05, 4.69) is 10.6 Å². The molecule has 1 saturated heterocycles. The van der Waals surface area contributed by atoms with Gasteiger partial charge in [0, 0.05) is 49.8 Å². The average molecular weight is 387 g/mol. The van der Waals surface area contributed by atoms with Gasteiger partial charge in [-0.15, -0.1) is 0 Å². The Balaban J connectivity index is 1.66. The van der Waals surface area contributed by atoms with Crippen LogP contribution in [0.25, 0.3) is 0 Å². The summed E-state index contributed by atoms with van der Waals surface area (Å²) in [6.07, 6.45) is 1.84. The number of halogens is 2. The Hall–Kier alpha value is -2.96. The smallest absolute Gasteiger partial charge is 0.317 e. The second kappa shape index (κ2) is 8.82. The predicted octanol–water partition coefficient (Wildman–Crippen LogP) is 3.41. The normalized spacial score (nSPS) is 16.5. The van der Waals surface area contributed by atoms with Crippen molar-refractivity contribution in [1.29, 1.82) is 0 Å². The lowest BCUT2D eigenvalue weighted by molar-refractivity contribution is 0.0950. The van der Waals surface area contributed by atoms with Crippen LogP contribution in [0.15, 0.2) is 42.5 Å². The quantitative estimate of drug-likeness (QED) is 0.845. The number of hydrogen-bond donors (Lipinski definition) is 2. The Morgan fingerprint density at radius 3 is 2.75 bits per heavy atom. The van der Waals surface area contributed by atoms with Gasteiger partial charge in [0.25, 0.3) is 5.91 Å². The van der Waals surface area contributed by atoms with Crippen LogP contribution in [0.4, 0.5) is 13.6 Å². The highest BCUT2D eigenvalue weighted by Crippen LogP contribution is 2.27. The van der Waals surface area contributed by atoms with Gasteiger partial charge in [-0.2, -0.15) is 0 Å². The van der Waals surface area contributed by atoms with Gasteiger partial charge in [0.05, 0.1) is 0 Å². The van der Waals surface area contributed by atoms with Gasteiger partial charge >= 0.3 is 6.03 Å². The van der Waals surface area contributed by atoms with Gasteiger partial charge in [0.1, 0.15) is 11.6 Å². The molecule has 2 N–H and O–H groups in total. The number of nitrogens with one attached hydrogen (secondary N) is 2. The fraction of sp³-hybridized carbons (Fsp3) is 0.333. The van der Waals surface area contributed by atoms with Crippen LogP contribution >= 0.6 is 0 Å². The van der Waals surface area contributed by atoms with Crippen molar-refractivity contribution in [1.82, 2.24) is 15.5 Å². The lowest BCUT2D eigenvalue weighted by Gasteiger charge is -2.32. The van der Waals surface area contributed by atoms with Crippen LogP contribution in [0.3, 0.4) is 0 Å². The zero-order valence-electron chi connectivity index (χ0n) is 15.7. The molecule has 0 saturated carbocycles. The van der Waals surface area contributed by atoms with E-state index in [9.17, 15) is 18.4 Å². The summed E-state index contributed by atoms with van der Waals surface area (Å²) >= 11 is 0. The molecule has 1 atom stereocenters. The number of piperidine rings is 1. The van der Waals surface area contributed by atoms with E-state index in [4.69, 9.17) is 0 Å². The van der Waals surface area contributed by atoms with Crippen LogP contribution in [-0.2, 0) is 6.54 Å². The van der Waals surface area contributed by atoms with Crippen LogP contribution < -0.4 is 10.6 Å². The van der Waals surface area contributed by atoms with Crippen LogP contribution in [0.5, 0.6) is 0 Å². The number of nitrogens with zero attached hydrogens (tertiary/aromatic N) is 1. The second-order valence-corrected chi connectivity index (χ2v) is 6.88. The Morgan fingerprint density at radius 2 is 2.00 bits per heavy atom. The zero-order chi connectivity index (χ0) is 20.1. The van der Waals surface area contributed by atoms with E-state index in [1.807, 2.05) is 18.2 Å². The lowest BCUT2D eigenvalue weighted by Crippen LogP contribution is -2.43. The van der Waals surface area contributed by atoms with Crippen molar-refractivity contribution in [2.45, 2.75) is 25.3 Å². The summed E-state index contributed by atoms with van der Waals surface area (Å²) in [7, 11) is 1.61. The Labute approximate surface area is 162 Å². The summed E-state index contributed by atoms with van der Waals surface area (Å²) in [5.74, 6) is -1.51. The molecule has 2 aromatic carbocycles. The van der Waals surface area contributed by atoms with Gasteiger partial charge in [-0.25, -0.2) is 13.6 Å². The third kappa shape index (κ3) is 4.65. The van der Waals surface area contributed by atoms with Crippen molar-refractivity contribution in [3.05, 3.63) is 70.8 Å². The second-order valence-electron chi connectivity index (χ2n) is 6.88. The molecular weight excluding hydrogens is 364 g/mol. The van der Waals surface area contributed by atoms with Gasteiger partial charge in [-0.05, 0) is 36.6 Å². The Kier molecular flexibility index (Phi) is 6.23. The van der Waals surface area contributed by atoms with Gasteiger partial charge in [-0.1, -0.05) is 18.2 Å². The van der Waals surface area contributed by atoms with Crippen LogP contribution in [0, 0.1) is 11.6 Å². The number of carbonyl (C=O) groups excluding carboxylic acids is 2. The van der Waals surface area contributed by atoms with Crippen molar-refractivity contribution < 1.29 is 18.4 Å². The summed E-state index contributed by atoms with van der Waals surface area (Å²) in [6, 6.07) is 10.4. The first-order chi connectivity index (χ1) is 13.5. The molecule has 28 heavy (non-hydrogen) atoms. The van der Waals surface area contributed by atoms with Crippen LogP contribution in [0.1, 0.15) is 40.2 Å². The first-order valence-corrected chi connectivity index (χ1v) is 9.26. The standard InChI is InChI=1S/C21H23F2N3O2/c1-24-21(28)26-9-3-6-17(13-26)14-4-2-5-15(10-14)20(27)25-12-16-7-8-18(22)11-19(16)23/h2,4-5,7-8,10-11,17H,3,6,9,12-13H2,1H3,(H,24,28)(H,25,27)/t17-/m1/s1. The molecule has 148 valence electrons. The summed E-state index contributed by atoms with van der Waals surface area (Å²) < 4.78 is 26.7. The average Bonchev–Trinajstić information content (AvgIpc) is 2.72. The first-order valence-electron chi connectivity index (χ1n) is 9.26. The van der Waals surface area contributed by atoms with E-state index < -0.39 is 11.6 Å². The maximum atomic E-state index is 13.7. The number of carbonyl (C=O) groups is 2. The molecule has 0 radical (unpaired) electrons. The monoisotopic (exact) mass is 387 g/mol. The number of benzene rings is 2. The Morgan fingerprint density at radius 1 is 1.18 bits per heavy atom. The van der Waals surface area contributed by atoms with E-state index >= 15 is 0 Å². The predicted molar refractivity (Wildman–Crippen MR) is 102 cm³/mol. The highest BCUT2D eigenvalue weighted by molar-refractivity contribution is 5.94. The van der Waals surface area contributed by atoms with Crippen molar-refractivity contribution in [3.8, 4) is 0 Å². The molecule has 3 rings (SSSR count). The number of amides is 3. The zero-order valence-corrected chi connectivity index (χ0v) is 15.7. The fourth-order valence-electron chi connectivity index (χ4n) is 3.47. The topological polar surface area (TPSA) is 61.4 Å². The molecule has 7 heteroatoms. The third-order valence-corrected chi connectivity index (χ3v) is 5.00. The Bertz CT molecular complexity index is 872. The summed E-state index contributed by atoms with van der Waals surface area (Å²) in [5.41, 5.74) is 1.69. The molecule has 0 unspecified atom stereocenters. The molecule has 0 aliphatic carbocycles. The number of rotatable bonds is 4. The fourth-order valence-corrected chi connectivity index (χ4v) is 3.47. The minimum Gasteiger partial charge on any atom is -0.348 e. The maximum absolute atomic E-state index is 13.7. The molecule has 1 aliphatic heterocycles. The van der Waals surface area contributed by atoms with Crippen molar-refractivity contribution in [3.63, 3.8) is 0 Å². The van der Waals surface area contributed by atoms with E-state index in [0.29, 0.717) is 12.1 Å². The number of urea groups is 1. The molecule has 3 amide bonds. The van der Waals surface area contributed by atoms with E-state index in [0.717, 1.165) is 37.1 Å². The maximum Gasteiger partial charge on any atom is 0.317 e. The largest absolute Gasteiger partial charge is 0.348 e. The van der Waals surface area contributed by atoms with E-state index in [1.54, 1.807) is 18.0 Å². The van der Waals surface area contributed by atoms with E-state index in [-0.39, 0.29) is 30.0 Å². The molecular formula is C21H23F2N3O2. The highest BCUT2D eigenvalue weighted by Gasteiger charge is 2.24. The molecule has 0 aromatic heterocycles. The molecule has 1 fully saturated rings. The van der Waals surface area contributed by atoms with E-state index in [1.165, 1.54) is 6.07 Å². The molecule has 1 heterocycles. The number of hydrogen-bond acceptors (Lipinski definition) is 2.